The standard InChI is InChI=1S/C27H22Cl2N4O3S2.ClH/c28-18-13-17(31-27(37)32-23(34)12-16-6-2-1-3-7-16)14-19(29)24(18)36-21-8-9-30-20-15-22(38-25(20)21)26(35)33-10-4-5-11-33;/h1-3,6-9,13-15H,4-5,10-12H2,(H2,31,32,34,37);1H. The summed E-state index contributed by atoms with van der Waals surface area (Å²) in [5.41, 5.74) is 2.04. The number of thiophene rings is 1. The van der Waals surface area contributed by atoms with Gasteiger partial charge in [0, 0.05) is 31.0 Å². The van der Waals surface area contributed by atoms with E-state index in [1.165, 1.54) is 11.3 Å². The Morgan fingerprint density at radius 2 is 1.74 bits per heavy atom. The van der Waals surface area contributed by atoms with E-state index in [1.54, 1.807) is 30.5 Å². The second kappa shape index (κ2) is 12.9. The van der Waals surface area contributed by atoms with Crippen LogP contribution in [-0.2, 0) is 11.2 Å². The number of halogens is 3. The van der Waals surface area contributed by atoms with Gasteiger partial charge in [-0.05, 0) is 48.8 Å². The Balaban J connectivity index is 0.00000353. The highest BCUT2D eigenvalue weighted by Crippen LogP contribution is 2.42. The van der Waals surface area contributed by atoms with Crippen LogP contribution in [0.15, 0.2) is 60.8 Å². The molecule has 0 spiro atoms. The van der Waals surface area contributed by atoms with E-state index in [-0.39, 0.29) is 51.5 Å². The van der Waals surface area contributed by atoms with Crippen molar-refractivity contribution >= 4 is 92.0 Å². The van der Waals surface area contributed by atoms with Crippen LogP contribution in [-0.4, -0.2) is 39.9 Å². The highest BCUT2D eigenvalue weighted by atomic mass is 35.5. The Morgan fingerprint density at radius 1 is 1.05 bits per heavy atom. The fourth-order valence-corrected chi connectivity index (χ4v) is 5.96. The van der Waals surface area contributed by atoms with Crippen molar-refractivity contribution in [3.05, 3.63) is 81.3 Å². The van der Waals surface area contributed by atoms with Crippen LogP contribution in [0, 0.1) is 0 Å². The number of likely N-dealkylation sites (tertiary alicyclic amines) is 1. The Bertz CT molecular complexity index is 1500. The van der Waals surface area contributed by atoms with Gasteiger partial charge < -0.3 is 20.3 Å². The predicted molar refractivity (Wildman–Crippen MR) is 163 cm³/mol. The molecule has 12 heteroatoms. The minimum absolute atomic E-state index is 0. The van der Waals surface area contributed by atoms with Gasteiger partial charge in [0.2, 0.25) is 5.91 Å². The minimum atomic E-state index is -0.244. The number of anilines is 1. The summed E-state index contributed by atoms with van der Waals surface area (Å²) < 4.78 is 6.84. The first-order chi connectivity index (χ1) is 18.4. The number of amides is 2. The highest BCUT2D eigenvalue weighted by molar-refractivity contribution is 7.80. The molecule has 1 aliphatic rings. The van der Waals surface area contributed by atoms with Crippen molar-refractivity contribution in [3.8, 4) is 11.5 Å². The summed E-state index contributed by atoms with van der Waals surface area (Å²) in [6, 6.07) is 16.1. The maximum absolute atomic E-state index is 12.9. The first-order valence-electron chi connectivity index (χ1n) is 11.9. The van der Waals surface area contributed by atoms with Crippen molar-refractivity contribution in [1.29, 1.82) is 0 Å². The predicted octanol–water partition coefficient (Wildman–Crippen LogP) is 7.11. The quantitative estimate of drug-likeness (QED) is 0.223. The molecule has 0 bridgehead atoms. The molecule has 1 fully saturated rings. The van der Waals surface area contributed by atoms with Crippen LogP contribution < -0.4 is 15.4 Å². The number of carbonyl (C=O) groups is 2. The molecule has 1 aliphatic heterocycles. The summed E-state index contributed by atoms with van der Waals surface area (Å²) >= 11 is 19.6. The van der Waals surface area contributed by atoms with Crippen LogP contribution in [0.1, 0.15) is 28.1 Å². The smallest absolute Gasteiger partial charge is 0.264 e. The summed E-state index contributed by atoms with van der Waals surface area (Å²) in [6.07, 6.45) is 3.86. The molecule has 0 radical (unpaired) electrons. The van der Waals surface area contributed by atoms with Gasteiger partial charge in [0.1, 0.15) is 5.75 Å². The van der Waals surface area contributed by atoms with Gasteiger partial charge in [-0.15, -0.1) is 23.7 Å². The molecular weight excluding hydrogens is 599 g/mol. The number of pyridine rings is 1. The Kier molecular flexibility index (Phi) is 9.63. The van der Waals surface area contributed by atoms with E-state index in [4.69, 9.17) is 40.2 Å². The molecule has 3 heterocycles. The van der Waals surface area contributed by atoms with Crippen LogP contribution in [0.4, 0.5) is 5.69 Å². The molecule has 7 nitrogen and oxygen atoms in total. The van der Waals surface area contributed by atoms with Gasteiger partial charge in [-0.25, -0.2) is 0 Å². The zero-order chi connectivity index (χ0) is 26.6. The van der Waals surface area contributed by atoms with Crippen molar-refractivity contribution in [2.45, 2.75) is 19.3 Å². The molecule has 39 heavy (non-hydrogen) atoms. The molecule has 2 aromatic carbocycles. The van der Waals surface area contributed by atoms with Crippen molar-refractivity contribution in [2.24, 2.45) is 0 Å². The number of nitrogens with zero attached hydrogens (tertiary/aromatic N) is 2. The third kappa shape index (κ3) is 6.98. The third-order valence-electron chi connectivity index (χ3n) is 5.91. The third-order valence-corrected chi connectivity index (χ3v) is 7.80. The lowest BCUT2D eigenvalue weighted by Gasteiger charge is -2.14. The molecule has 0 unspecified atom stereocenters. The molecule has 2 amide bonds. The van der Waals surface area contributed by atoms with Crippen molar-refractivity contribution < 1.29 is 14.3 Å². The minimum Gasteiger partial charge on any atom is -0.453 e. The average Bonchev–Trinajstić information content (AvgIpc) is 3.57. The van der Waals surface area contributed by atoms with Gasteiger partial charge in [-0.1, -0.05) is 53.5 Å². The number of benzene rings is 2. The monoisotopic (exact) mass is 620 g/mol. The van der Waals surface area contributed by atoms with Crippen LogP contribution >= 0.6 is 59.2 Å². The Hall–Kier alpha value is -2.95. The van der Waals surface area contributed by atoms with E-state index in [0.29, 0.717) is 21.8 Å². The first kappa shape index (κ1) is 29.0. The van der Waals surface area contributed by atoms with Gasteiger partial charge in [0.25, 0.3) is 5.91 Å². The molecule has 2 aromatic heterocycles. The second-order valence-corrected chi connectivity index (χ2v) is 10.9. The lowest BCUT2D eigenvalue weighted by Crippen LogP contribution is -2.35. The number of nitrogens with one attached hydrogen (secondary N) is 2. The maximum atomic E-state index is 12.9. The zero-order valence-electron chi connectivity index (χ0n) is 20.4. The van der Waals surface area contributed by atoms with Crippen LogP contribution in [0.25, 0.3) is 10.2 Å². The fraction of sp³-hybridized carbons (Fsp3) is 0.185. The Labute approximate surface area is 250 Å². The number of aromatic nitrogens is 1. The molecule has 0 aliphatic carbocycles. The zero-order valence-corrected chi connectivity index (χ0v) is 24.4. The molecular formula is C27H23Cl3N4O3S2. The average molecular weight is 622 g/mol. The van der Waals surface area contributed by atoms with E-state index in [1.807, 2.05) is 35.2 Å². The molecule has 0 saturated carbocycles. The molecule has 2 N–H and O–H groups in total. The largest absolute Gasteiger partial charge is 0.453 e. The molecule has 0 atom stereocenters. The van der Waals surface area contributed by atoms with E-state index < -0.39 is 0 Å². The van der Waals surface area contributed by atoms with Crippen LogP contribution in [0.2, 0.25) is 10.0 Å². The molecule has 202 valence electrons. The van der Waals surface area contributed by atoms with E-state index >= 15 is 0 Å². The fourth-order valence-electron chi connectivity index (χ4n) is 4.13. The molecule has 4 aromatic rings. The SMILES string of the molecule is Cl.O=C(Cc1ccccc1)NC(=S)Nc1cc(Cl)c(Oc2ccnc3cc(C(=O)N4CCCC4)sc23)c(Cl)c1. The summed E-state index contributed by atoms with van der Waals surface area (Å²) in [7, 11) is 0. The summed E-state index contributed by atoms with van der Waals surface area (Å²) in [6.45, 7) is 1.55. The van der Waals surface area contributed by atoms with E-state index in [9.17, 15) is 9.59 Å². The molecule has 5 rings (SSSR count). The van der Waals surface area contributed by atoms with Crippen molar-refractivity contribution in [1.82, 2.24) is 15.2 Å². The van der Waals surface area contributed by atoms with Gasteiger partial charge >= 0.3 is 0 Å². The number of hydrogen-bond donors (Lipinski definition) is 2. The molecule has 1 saturated heterocycles. The summed E-state index contributed by atoms with van der Waals surface area (Å²) in [5, 5.41) is 6.19. The lowest BCUT2D eigenvalue weighted by molar-refractivity contribution is -0.119. The number of thiocarbonyl (C=S) groups is 1. The van der Waals surface area contributed by atoms with Crippen molar-refractivity contribution in [3.63, 3.8) is 0 Å². The van der Waals surface area contributed by atoms with Crippen LogP contribution in [0.5, 0.6) is 11.5 Å². The number of hydrogen-bond acceptors (Lipinski definition) is 6. The summed E-state index contributed by atoms with van der Waals surface area (Å²) in [5.74, 6) is 0.515. The lowest BCUT2D eigenvalue weighted by atomic mass is 10.1. The second-order valence-electron chi connectivity index (χ2n) is 8.67. The number of carbonyl (C=O) groups excluding carboxylic acids is 2. The number of fused-ring (bicyclic) bond motifs is 1. The number of rotatable bonds is 6. The van der Waals surface area contributed by atoms with Crippen molar-refractivity contribution in [2.75, 3.05) is 18.4 Å². The highest BCUT2D eigenvalue weighted by Gasteiger charge is 2.23. The normalized spacial score (nSPS) is 12.6. The number of ether oxygens (including phenoxy) is 1. The summed E-state index contributed by atoms with van der Waals surface area (Å²) in [4.78, 5) is 32.0. The maximum Gasteiger partial charge on any atom is 0.264 e. The Morgan fingerprint density at radius 3 is 2.44 bits per heavy atom. The van der Waals surface area contributed by atoms with Gasteiger partial charge in [0.05, 0.1) is 31.6 Å². The van der Waals surface area contributed by atoms with Crippen LogP contribution in [0.3, 0.4) is 0 Å². The van der Waals surface area contributed by atoms with Gasteiger partial charge in [0.15, 0.2) is 10.9 Å². The van der Waals surface area contributed by atoms with E-state index in [2.05, 4.69) is 15.6 Å². The van der Waals surface area contributed by atoms with E-state index in [0.717, 1.165) is 36.2 Å². The first-order valence-corrected chi connectivity index (χ1v) is 13.8. The van der Waals surface area contributed by atoms with Gasteiger partial charge in [-0.3, -0.25) is 14.6 Å². The van der Waals surface area contributed by atoms with Gasteiger partial charge in [-0.2, -0.15) is 0 Å². The topological polar surface area (TPSA) is 83.6 Å².